The molecule has 0 saturated carbocycles. The molecule has 90 valence electrons. The summed E-state index contributed by atoms with van der Waals surface area (Å²) in [6.45, 7) is 0.402. The van der Waals surface area contributed by atoms with Crippen molar-refractivity contribution in [1.29, 1.82) is 0 Å². The topological polar surface area (TPSA) is 71.5 Å². The van der Waals surface area contributed by atoms with Gasteiger partial charge in [0.1, 0.15) is 9.84 Å². The minimum atomic E-state index is -2.97. The highest BCUT2D eigenvalue weighted by atomic mass is 32.2. The first-order valence-electron chi connectivity index (χ1n) is 4.78. The van der Waals surface area contributed by atoms with Gasteiger partial charge in [-0.2, -0.15) is 0 Å². The summed E-state index contributed by atoms with van der Waals surface area (Å²) < 4.78 is 44.3. The van der Waals surface area contributed by atoms with E-state index in [4.69, 9.17) is 0 Å². The van der Waals surface area contributed by atoms with E-state index in [2.05, 4.69) is 0 Å². The molecule has 15 heavy (non-hydrogen) atoms. The molecule has 0 spiro atoms. The van der Waals surface area contributed by atoms with Crippen LogP contribution in [-0.4, -0.2) is 64.9 Å². The molecule has 7 heteroatoms. The summed E-state index contributed by atoms with van der Waals surface area (Å²) in [4.78, 5) is 1.82. The minimum Gasteiger partial charge on any atom is -0.301 e. The Morgan fingerprint density at radius 2 is 2.00 bits per heavy atom. The van der Waals surface area contributed by atoms with Crippen molar-refractivity contribution in [3.8, 4) is 0 Å². The first-order chi connectivity index (χ1) is 6.70. The van der Waals surface area contributed by atoms with E-state index in [1.807, 2.05) is 4.90 Å². The molecule has 0 bridgehead atoms. The highest BCUT2D eigenvalue weighted by molar-refractivity contribution is 7.91. The van der Waals surface area contributed by atoms with Crippen molar-refractivity contribution in [2.75, 3.05) is 37.1 Å². The molecule has 0 aromatic carbocycles. The molecule has 1 aliphatic heterocycles. The molecule has 0 radical (unpaired) electrons. The highest BCUT2D eigenvalue weighted by Gasteiger charge is 2.30. The van der Waals surface area contributed by atoms with Crippen LogP contribution in [0.5, 0.6) is 0 Å². The van der Waals surface area contributed by atoms with Crippen LogP contribution in [0.25, 0.3) is 0 Å². The zero-order valence-electron chi connectivity index (χ0n) is 9.01. The third-order valence-electron chi connectivity index (χ3n) is 2.65. The van der Waals surface area contributed by atoms with Crippen LogP contribution in [0.4, 0.5) is 0 Å². The number of hydrogen-bond acceptors (Lipinski definition) is 5. The molecule has 1 aliphatic rings. The molecule has 0 aliphatic carbocycles. The Labute approximate surface area is 91.3 Å². The van der Waals surface area contributed by atoms with Gasteiger partial charge in [0.25, 0.3) is 0 Å². The maximum Gasteiger partial charge on any atom is 0.151 e. The van der Waals surface area contributed by atoms with Gasteiger partial charge in [0.2, 0.25) is 0 Å². The van der Waals surface area contributed by atoms with Crippen LogP contribution in [0.2, 0.25) is 0 Å². The van der Waals surface area contributed by atoms with Crippen LogP contribution >= 0.6 is 0 Å². The molecule has 5 nitrogen and oxygen atoms in total. The molecular weight excluding hydrogens is 238 g/mol. The van der Waals surface area contributed by atoms with Crippen LogP contribution in [0.15, 0.2) is 0 Å². The molecular formula is C8H17NO4S2. The van der Waals surface area contributed by atoms with E-state index in [1.165, 1.54) is 6.26 Å². The second kappa shape index (κ2) is 4.39. The fourth-order valence-electron chi connectivity index (χ4n) is 1.62. The summed E-state index contributed by atoms with van der Waals surface area (Å²) in [5, 5.41) is 0. The number of sulfone groups is 2. The monoisotopic (exact) mass is 255 g/mol. The lowest BCUT2D eigenvalue weighted by atomic mass is 10.2. The predicted molar refractivity (Wildman–Crippen MR) is 59.4 cm³/mol. The molecule has 0 N–H and O–H groups in total. The van der Waals surface area contributed by atoms with Gasteiger partial charge in [-0.25, -0.2) is 16.8 Å². The number of hydrogen-bond donors (Lipinski definition) is 0. The summed E-state index contributed by atoms with van der Waals surface area (Å²) in [6.07, 6.45) is 1.80. The maximum absolute atomic E-state index is 11.2. The normalized spacial score (nSPS) is 25.9. The third-order valence-corrected chi connectivity index (χ3v) is 5.32. The lowest BCUT2D eigenvalue weighted by Crippen LogP contribution is -2.36. The van der Waals surface area contributed by atoms with E-state index in [0.29, 0.717) is 13.0 Å². The zero-order chi connectivity index (χ0) is 11.7. The minimum absolute atomic E-state index is 0.0169. The van der Waals surface area contributed by atoms with Crippen LogP contribution in [0.3, 0.4) is 0 Å². The van der Waals surface area contributed by atoms with Crippen molar-refractivity contribution in [3.05, 3.63) is 0 Å². The SMILES string of the molecule is CN(CCS(C)(=O)=O)C1CCS(=O)(=O)C1. The average Bonchev–Trinajstić information content (AvgIpc) is 2.40. The van der Waals surface area contributed by atoms with Crippen molar-refractivity contribution in [2.45, 2.75) is 12.5 Å². The third kappa shape index (κ3) is 4.48. The van der Waals surface area contributed by atoms with Crippen molar-refractivity contribution in [1.82, 2.24) is 4.90 Å². The predicted octanol–water partition coefficient (Wildman–Crippen LogP) is -0.850. The summed E-state index contributed by atoms with van der Waals surface area (Å²) in [6, 6.07) is -0.0169. The van der Waals surface area contributed by atoms with Crippen molar-refractivity contribution in [3.63, 3.8) is 0 Å². The lowest BCUT2D eigenvalue weighted by molar-refractivity contribution is 0.277. The lowest BCUT2D eigenvalue weighted by Gasteiger charge is -2.22. The fourth-order valence-corrected chi connectivity index (χ4v) is 4.04. The van der Waals surface area contributed by atoms with Crippen LogP contribution in [-0.2, 0) is 19.7 Å². The summed E-state index contributed by atoms with van der Waals surface area (Å²) in [5.41, 5.74) is 0. The van der Waals surface area contributed by atoms with Crippen LogP contribution in [0, 0.1) is 0 Å². The second-order valence-corrected chi connectivity index (χ2v) is 8.66. The van der Waals surface area contributed by atoms with E-state index in [9.17, 15) is 16.8 Å². The van der Waals surface area contributed by atoms with Gasteiger partial charge in [-0.1, -0.05) is 0 Å². The Hall–Kier alpha value is -0.140. The van der Waals surface area contributed by atoms with Gasteiger partial charge in [-0.05, 0) is 13.5 Å². The van der Waals surface area contributed by atoms with Gasteiger partial charge < -0.3 is 4.90 Å². The molecule has 1 heterocycles. The molecule has 0 aromatic rings. The van der Waals surface area contributed by atoms with Gasteiger partial charge in [0.15, 0.2) is 9.84 Å². The maximum atomic E-state index is 11.2. The Bertz CT molecular complexity index is 412. The van der Waals surface area contributed by atoms with Gasteiger partial charge in [0.05, 0.1) is 17.3 Å². The smallest absolute Gasteiger partial charge is 0.151 e. The Morgan fingerprint density at radius 3 is 2.40 bits per heavy atom. The zero-order valence-corrected chi connectivity index (χ0v) is 10.6. The van der Waals surface area contributed by atoms with Crippen molar-refractivity contribution >= 4 is 19.7 Å². The fraction of sp³-hybridized carbons (Fsp3) is 1.00. The molecule has 1 saturated heterocycles. The Morgan fingerprint density at radius 1 is 1.40 bits per heavy atom. The number of rotatable bonds is 4. The molecule has 1 rings (SSSR count). The van der Waals surface area contributed by atoms with Crippen LogP contribution < -0.4 is 0 Å². The summed E-state index contributed by atoms with van der Waals surface area (Å²) >= 11 is 0. The standard InChI is InChI=1S/C8H17NO4S2/c1-9(4-6-14(2,10)11)8-3-5-15(12,13)7-8/h8H,3-7H2,1-2H3. The molecule has 0 amide bonds. The Balaban J connectivity index is 2.46. The van der Waals surface area contributed by atoms with Gasteiger partial charge in [0, 0.05) is 18.8 Å². The summed E-state index contributed by atoms with van der Waals surface area (Å²) in [5.74, 6) is 0.466. The summed E-state index contributed by atoms with van der Waals surface area (Å²) in [7, 11) is -4.08. The first kappa shape index (κ1) is 12.9. The molecule has 1 atom stereocenters. The van der Waals surface area contributed by atoms with Gasteiger partial charge >= 0.3 is 0 Å². The first-order valence-corrected chi connectivity index (χ1v) is 8.66. The largest absolute Gasteiger partial charge is 0.301 e. The van der Waals surface area contributed by atoms with Crippen molar-refractivity contribution in [2.24, 2.45) is 0 Å². The van der Waals surface area contributed by atoms with E-state index in [-0.39, 0.29) is 23.3 Å². The van der Waals surface area contributed by atoms with Gasteiger partial charge in [-0.3, -0.25) is 0 Å². The molecule has 1 unspecified atom stereocenters. The number of nitrogens with zero attached hydrogens (tertiary/aromatic N) is 1. The molecule has 0 aromatic heterocycles. The molecule has 1 fully saturated rings. The van der Waals surface area contributed by atoms with E-state index < -0.39 is 19.7 Å². The van der Waals surface area contributed by atoms with E-state index >= 15 is 0 Å². The highest BCUT2D eigenvalue weighted by Crippen LogP contribution is 2.16. The Kier molecular flexibility index (Phi) is 3.78. The second-order valence-electron chi connectivity index (χ2n) is 4.17. The van der Waals surface area contributed by atoms with Crippen LogP contribution in [0.1, 0.15) is 6.42 Å². The van der Waals surface area contributed by atoms with Crippen molar-refractivity contribution < 1.29 is 16.8 Å². The quantitative estimate of drug-likeness (QED) is 0.654. The van der Waals surface area contributed by atoms with Gasteiger partial charge in [-0.15, -0.1) is 0 Å². The van der Waals surface area contributed by atoms with E-state index in [0.717, 1.165) is 0 Å². The van der Waals surface area contributed by atoms with E-state index in [1.54, 1.807) is 7.05 Å². The average molecular weight is 255 g/mol.